The number of nitrogens with zero attached hydrogens (tertiary/aromatic N) is 2. The van der Waals surface area contributed by atoms with Gasteiger partial charge in [-0.2, -0.15) is 0 Å². The SMILES string of the molecule is Cc1ccc(CN2C(=O)CC[C@H]2C(=O)N2CCC[C@H](C)C2)cc1. The number of hydrogen-bond donors (Lipinski definition) is 0. The topological polar surface area (TPSA) is 40.6 Å². The van der Waals surface area contributed by atoms with Gasteiger partial charge in [0.2, 0.25) is 11.8 Å². The maximum absolute atomic E-state index is 12.9. The predicted octanol–water partition coefficient (Wildman–Crippen LogP) is 2.74. The van der Waals surface area contributed by atoms with Crippen molar-refractivity contribution in [1.82, 2.24) is 9.80 Å². The first-order valence-corrected chi connectivity index (χ1v) is 8.68. The van der Waals surface area contributed by atoms with Gasteiger partial charge < -0.3 is 9.80 Å². The summed E-state index contributed by atoms with van der Waals surface area (Å²) in [5.74, 6) is 0.818. The van der Waals surface area contributed by atoms with Crippen molar-refractivity contribution in [1.29, 1.82) is 0 Å². The molecule has 23 heavy (non-hydrogen) atoms. The number of benzene rings is 1. The fraction of sp³-hybridized carbons (Fsp3) is 0.579. The molecule has 2 aliphatic rings. The molecule has 0 spiro atoms. The van der Waals surface area contributed by atoms with E-state index in [9.17, 15) is 9.59 Å². The van der Waals surface area contributed by atoms with Crippen molar-refractivity contribution in [3.8, 4) is 0 Å². The largest absolute Gasteiger partial charge is 0.341 e. The van der Waals surface area contributed by atoms with Gasteiger partial charge in [-0.25, -0.2) is 0 Å². The molecule has 0 aromatic heterocycles. The van der Waals surface area contributed by atoms with Crippen LogP contribution >= 0.6 is 0 Å². The van der Waals surface area contributed by atoms with Crippen molar-refractivity contribution in [3.63, 3.8) is 0 Å². The third kappa shape index (κ3) is 3.57. The van der Waals surface area contributed by atoms with Crippen LogP contribution in [0.2, 0.25) is 0 Å². The van der Waals surface area contributed by atoms with E-state index in [1.165, 1.54) is 12.0 Å². The highest BCUT2D eigenvalue weighted by Gasteiger charge is 2.38. The van der Waals surface area contributed by atoms with Gasteiger partial charge in [-0.05, 0) is 37.7 Å². The first-order valence-electron chi connectivity index (χ1n) is 8.68. The van der Waals surface area contributed by atoms with Gasteiger partial charge in [0.05, 0.1) is 0 Å². The second-order valence-electron chi connectivity index (χ2n) is 7.09. The van der Waals surface area contributed by atoms with E-state index in [1.807, 2.05) is 17.0 Å². The molecular formula is C19H26N2O2. The first-order chi connectivity index (χ1) is 11.0. The quantitative estimate of drug-likeness (QED) is 0.861. The summed E-state index contributed by atoms with van der Waals surface area (Å²) in [4.78, 5) is 28.9. The molecule has 0 radical (unpaired) electrons. The molecule has 4 heteroatoms. The highest BCUT2D eigenvalue weighted by Crippen LogP contribution is 2.25. The van der Waals surface area contributed by atoms with Crippen LogP contribution in [-0.4, -0.2) is 40.7 Å². The number of rotatable bonds is 3. The number of likely N-dealkylation sites (tertiary alicyclic amines) is 2. The molecule has 3 rings (SSSR count). The summed E-state index contributed by atoms with van der Waals surface area (Å²) in [6.45, 7) is 6.46. The van der Waals surface area contributed by atoms with Gasteiger partial charge in [-0.1, -0.05) is 36.8 Å². The highest BCUT2D eigenvalue weighted by molar-refractivity contribution is 5.91. The molecule has 2 heterocycles. The van der Waals surface area contributed by atoms with E-state index in [4.69, 9.17) is 0 Å². The van der Waals surface area contributed by atoms with Crippen molar-refractivity contribution in [3.05, 3.63) is 35.4 Å². The van der Waals surface area contributed by atoms with Gasteiger partial charge in [-0.3, -0.25) is 9.59 Å². The fourth-order valence-electron chi connectivity index (χ4n) is 3.68. The zero-order valence-electron chi connectivity index (χ0n) is 14.1. The highest BCUT2D eigenvalue weighted by atomic mass is 16.2. The van der Waals surface area contributed by atoms with Gasteiger partial charge in [-0.15, -0.1) is 0 Å². The lowest BCUT2D eigenvalue weighted by molar-refractivity contribution is -0.143. The number of piperidine rings is 1. The molecule has 0 unspecified atom stereocenters. The average molecular weight is 314 g/mol. The van der Waals surface area contributed by atoms with Gasteiger partial charge in [0.25, 0.3) is 0 Å². The maximum atomic E-state index is 12.9. The molecule has 0 saturated carbocycles. The molecule has 2 saturated heterocycles. The standard InChI is InChI=1S/C19H26N2O2/c1-14-5-7-16(8-6-14)13-21-17(9-10-18(21)22)19(23)20-11-3-4-15(2)12-20/h5-8,15,17H,3-4,9-13H2,1-2H3/t15-,17-/m0/s1. The minimum atomic E-state index is -0.269. The number of carbonyl (C=O) groups is 2. The van der Waals surface area contributed by atoms with Crippen molar-refractivity contribution in [2.24, 2.45) is 5.92 Å². The van der Waals surface area contributed by atoms with Crippen LogP contribution in [0.1, 0.15) is 43.7 Å². The first kappa shape index (κ1) is 16.0. The number of amides is 2. The Morgan fingerprint density at radius 1 is 1.22 bits per heavy atom. The molecule has 2 aliphatic heterocycles. The normalized spacial score (nSPS) is 25.0. The molecule has 2 fully saturated rings. The Bertz CT molecular complexity index is 582. The summed E-state index contributed by atoms with van der Waals surface area (Å²) in [7, 11) is 0. The summed E-state index contributed by atoms with van der Waals surface area (Å²) in [5, 5.41) is 0. The fourth-order valence-corrected chi connectivity index (χ4v) is 3.68. The smallest absolute Gasteiger partial charge is 0.245 e. The van der Waals surface area contributed by atoms with E-state index < -0.39 is 0 Å². The minimum absolute atomic E-state index is 0.106. The van der Waals surface area contributed by atoms with E-state index >= 15 is 0 Å². The molecule has 1 aromatic rings. The van der Waals surface area contributed by atoms with Crippen molar-refractivity contribution < 1.29 is 9.59 Å². The number of aryl methyl sites for hydroxylation is 1. The Balaban J connectivity index is 1.71. The van der Waals surface area contributed by atoms with Crippen LogP contribution < -0.4 is 0 Å². The molecule has 0 N–H and O–H groups in total. The monoisotopic (exact) mass is 314 g/mol. The lowest BCUT2D eigenvalue weighted by atomic mass is 9.99. The number of hydrogen-bond acceptors (Lipinski definition) is 2. The third-order valence-corrected chi connectivity index (χ3v) is 5.06. The maximum Gasteiger partial charge on any atom is 0.245 e. The van der Waals surface area contributed by atoms with Gasteiger partial charge >= 0.3 is 0 Å². The van der Waals surface area contributed by atoms with E-state index in [-0.39, 0.29) is 17.9 Å². The lowest BCUT2D eigenvalue weighted by Gasteiger charge is -2.35. The van der Waals surface area contributed by atoms with Crippen LogP contribution in [0.25, 0.3) is 0 Å². The Morgan fingerprint density at radius 2 is 1.96 bits per heavy atom. The summed E-state index contributed by atoms with van der Waals surface area (Å²) in [5.41, 5.74) is 2.30. The summed E-state index contributed by atoms with van der Waals surface area (Å²) < 4.78 is 0. The minimum Gasteiger partial charge on any atom is -0.341 e. The van der Waals surface area contributed by atoms with E-state index in [1.54, 1.807) is 4.90 Å². The van der Waals surface area contributed by atoms with E-state index in [0.29, 0.717) is 25.3 Å². The van der Waals surface area contributed by atoms with Gasteiger partial charge in [0.15, 0.2) is 0 Å². The lowest BCUT2D eigenvalue weighted by Crippen LogP contribution is -2.49. The van der Waals surface area contributed by atoms with E-state index in [0.717, 1.165) is 25.1 Å². The van der Waals surface area contributed by atoms with E-state index in [2.05, 4.69) is 26.0 Å². The average Bonchev–Trinajstić information content (AvgIpc) is 2.90. The van der Waals surface area contributed by atoms with Crippen LogP contribution in [0, 0.1) is 12.8 Å². The van der Waals surface area contributed by atoms with Gasteiger partial charge in [0, 0.05) is 26.1 Å². The predicted molar refractivity (Wildman–Crippen MR) is 89.7 cm³/mol. The molecule has 2 atom stereocenters. The third-order valence-electron chi connectivity index (χ3n) is 5.06. The van der Waals surface area contributed by atoms with Crippen molar-refractivity contribution >= 4 is 11.8 Å². The van der Waals surface area contributed by atoms with Crippen LogP contribution in [-0.2, 0) is 16.1 Å². The number of carbonyl (C=O) groups excluding carboxylic acids is 2. The summed E-state index contributed by atoms with van der Waals surface area (Å²) >= 11 is 0. The van der Waals surface area contributed by atoms with Gasteiger partial charge in [0.1, 0.15) is 6.04 Å². The second-order valence-corrected chi connectivity index (χ2v) is 7.09. The summed E-state index contributed by atoms with van der Waals surface area (Å²) in [6, 6.07) is 7.93. The zero-order chi connectivity index (χ0) is 16.4. The molecule has 124 valence electrons. The molecular weight excluding hydrogens is 288 g/mol. The summed E-state index contributed by atoms with van der Waals surface area (Å²) in [6.07, 6.45) is 3.42. The Morgan fingerprint density at radius 3 is 2.65 bits per heavy atom. The van der Waals surface area contributed by atoms with Crippen LogP contribution in [0.5, 0.6) is 0 Å². The Hall–Kier alpha value is -1.84. The second kappa shape index (κ2) is 6.73. The van der Waals surface area contributed by atoms with Crippen LogP contribution in [0.4, 0.5) is 0 Å². The van der Waals surface area contributed by atoms with Crippen LogP contribution in [0.15, 0.2) is 24.3 Å². The van der Waals surface area contributed by atoms with Crippen LogP contribution in [0.3, 0.4) is 0 Å². The molecule has 0 aliphatic carbocycles. The molecule has 0 bridgehead atoms. The van der Waals surface area contributed by atoms with Crippen molar-refractivity contribution in [2.45, 2.75) is 52.1 Å². The Labute approximate surface area is 138 Å². The Kier molecular flexibility index (Phi) is 4.69. The zero-order valence-corrected chi connectivity index (χ0v) is 14.1. The molecule has 1 aromatic carbocycles. The molecule has 4 nitrogen and oxygen atoms in total. The molecule has 2 amide bonds. The van der Waals surface area contributed by atoms with Crippen molar-refractivity contribution in [2.75, 3.05) is 13.1 Å².